The summed E-state index contributed by atoms with van der Waals surface area (Å²) in [6.45, 7) is 5.76. The second-order valence-electron chi connectivity index (χ2n) is 7.16. The molecule has 1 aliphatic rings. The van der Waals surface area contributed by atoms with Crippen LogP contribution in [-0.4, -0.2) is 33.1 Å². The third-order valence-electron chi connectivity index (χ3n) is 4.85. The van der Waals surface area contributed by atoms with Crippen molar-refractivity contribution in [2.75, 3.05) is 0 Å². The molecule has 1 aliphatic heterocycles. The molecule has 146 valence electrons. The third kappa shape index (κ3) is 4.77. The van der Waals surface area contributed by atoms with Crippen molar-refractivity contribution in [1.82, 2.24) is 5.32 Å². The van der Waals surface area contributed by atoms with Gasteiger partial charge in [0.2, 0.25) is 0 Å². The molecule has 4 N–H and O–H groups in total. The van der Waals surface area contributed by atoms with Crippen LogP contribution in [0.1, 0.15) is 45.3 Å². The number of carbonyl (C=O) groups is 2. The Morgan fingerprint density at radius 3 is 2.44 bits per heavy atom. The van der Waals surface area contributed by atoms with Crippen molar-refractivity contribution in [3.63, 3.8) is 0 Å². The second-order valence-corrected chi connectivity index (χ2v) is 7.16. The number of rotatable bonds is 7. The predicted molar refractivity (Wildman–Crippen MR) is 102 cm³/mol. The number of Topliss-reactive ketones (excluding diaryl/α,β-unsaturated/α-hetero) is 1. The highest BCUT2D eigenvalue weighted by molar-refractivity contribution is 6.27. The van der Waals surface area contributed by atoms with E-state index in [9.17, 15) is 24.9 Å². The maximum atomic E-state index is 12.7. The van der Waals surface area contributed by atoms with Gasteiger partial charge in [0.1, 0.15) is 29.2 Å². The monoisotopic (exact) mass is 373 g/mol. The number of phenolic OH excluding ortho intramolecular Hbond substituents is 1. The Balaban J connectivity index is 2.18. The third-order valence-corrected chi connectivity index (χ3v) is 4.85. The van der Waals surface area contributed by atoms with E-state index in [2.05, 4.69) is 5.32 Å². The zero-order valence-corrected chi connectivity index (χ0v) is 15.8. The Morgan fingerprint density at radius 1 is 1.22 bits per heavy atom. The van der Waals surface area contributed by atoms with Crippen LogP contribution in [0, 0.1) is 11.8 Å². The topological polar surface area (TPSA) is 107 Å². The Morgan fingerprint density at radius 2 is 1.85 bits per heavy atom. The number of hydrogen-bond donors (Lipinski definition) is 4. The molecule has 1 aromatic carbocycles. The van der Waals surface area contributed by atoms with Crippen molar-refractivity contribution in [1.29, 1.82) is 0 Å². The van der Waals surface area contributed by atoms with Crippen LogP contribution in [0.15, 0.2) is 47.7 Å². The van der Waals surface area contributed by atoms with E-state index in [-0.39, 0.29) is 28.9 Å². The Labute approximate surface area is 159 Å². The zero-order valence-electron chi connectivity index (χ0n) is 15.8. The quantitative estimate of drug-likeness (QED) is 0.254. The van der Waals surface area contributed by atoms with E-state index in [1.54, 1.807) is 6.92 Å². The highest BCUT2D eigenvalue weighted by Gasteiger charge is 2.43. The molecule has 1 aromatic rings. The van der Waals surface area contributed by atoms with E-state index < -0.39 is 23.8 Å². The summed E-state index contributed by atoms with van der Waals surface area (Å²) in [5, 5.41) is 32.8. The van der Waals surface area contributed by atoms with E-state index >= 15 is 0 Å². The van der Waals surface area contributed by atoms with Gasteiger partial charge in [0.05, 0.1) is 0 Å². The molecule has 1 amide bonds. The van der Waals surface area contributed by atoms with Gasteiger partial charge in [-0.3, -0.25) is 9.59 Å². The van der Waals surface area contributed by atoms with E-state index in [0.717, 1.165) is 6.42 Å². The lowest BCUT2D eigenvalue weighted by Gasteiger charge is -2.17. The molecule has 0 spiro atoms. The van der Waals surface area contributed by atoms with Crippen molar-refractivity contribution in [3.8, 4) is 5.75 Å². The summed E-state index contributed by atoms with van der Waals surface area (Å²) in [4.78, 5) is 25.0. The highest BCUT2D eigenvalue weighted by Crippen LogP contribution is 2.29. The first-order valence-electron chi connectivity index (χ1n) is 9.12. The largest absolute Gasteiger partial charge is 0.511 e. The Bertz CT molecular complexity index is 750. The second kappa shape index (κ2) is 8.86. The zero-order chi connectivity index (χ0) is 20.1. The number of allylic oxidation sites excluding steroid dienone is 3. The maximum Gasteiger partial charge on any atom is 0.259 e. The van der Waals surface area contributed by atoms with Crippen molar-refractivity contribution >= 4 is 11.7 Å². The molecule has 0 aliphatic carbocycles. The number of amides is 1. The summed E-state index contributed by atoms with van der Waals surface area (Å²) in [5.41, 5.74) is 0.115. The Hall–Kier alpha value is -2.60. The fraction of sp³-hybridized carbons (Fsp3) is 0.429. The summed E-state index contributed by atoms with van der Waals surface area (Å²) < 4.78 is 0. The van der Waals surface area contributed by atoms with Gasteiger partial charge in [0.15, 0.2) is 5.78 Å². The minimum atomic E-state index is -1.27. The molecule has 2 rings (SSSR count). The number of aromatic hydroxyl groups is 1. The van der Waals surface area contributed by atoms with Gasteiger partial charge >= 0.3 is 0 Å². The number of phenols is 1. The van der Waals surface area contributed by atoms with Crippen molar-refractivity contribution in [2.45, 2.75) is 45.8 Å². The van der Waals surface area contributed by atoms with Crippen LogP contribution in [0.3, 0.4) is 0 Å². The molecule has 0 radical (unpaired) electrons. The van der Waals surface area contributed by atoms with Gasteiger partial charge in [-0.1, -0.05) is 38.1 Å². The lowest BCUT2D eigenvalue weighted by molar-refractivity contribution is -0.118. The van der Waals surface area contributed by atoms with Gasteiger partial charge in [-0.2, -0.15) is 0 Å². The molecule has 0 aromatic heterocycles. The molecule has 1 fully saturated rings. The van der Waals surface area contributed by atoms with Crippen molar-refractivity contribution in [3.05, 3.63) is 53.3 Å². The average Bonchev–Trinajstić information content (AvgIpc) is 2.93. The molecule has 27 heavy (non-hydrogen) atoms. The molecule has 0 bridgehead atoms. The van der Waals surface area contributed by atoms with Gasteiger partial charge in [-0.05, 0) is 43.4 Å². The van der Waals surface area contributed by atoms with Gasteiger partial charge in [-0.25, -0.2) is 0 Å². The summed E-state index contributed by atoms with van der Waals surface area (Å²) >= 11 is 0. The smallest absolute Gasteiger partial charge is 0.259 e. The van der Waals surface area contributed by atoms with Gasteiger partial charge in [0.25, 0.3) is 5.91 Å². The molecule has 0 unspecified atom stereocenters. The number of aliphatic hydroxyl groups is 2. The number of benzene rings is 1. The van der Waals surface area contributed by atoms with Crippen LogP contribution in [0.4, 0.5) is 0 Å². The molecule has 1 saturated heterocycles. The number of ketones is 1. The minimum absolute atomic E-state index is 0.0341. The lowest BCUT2D eigenvalue weighted by atomic mass is 9.90. The van der Waals surface area contributed by atoms with Crippen molar-refractivity contribution in [2.24, 2.45) is 11.8 Å². The van der Waals surface area contributed by atoms with E-state index in [0.29, 0.717) is 12.0 Å². The van der Waals surface area contributed by atoms with Gasteiger partial charge < -0.3 is 20.6 Å². The fourth-order valence-corrected chi connectivity index (χ4v) is 3.30. The summed E-state index contributed by atoms with van der Waals surface area (Å²) in [5.74, 6) is -1.55. The molecular weight excluding hydrogens is 346 g/mol. The number of aliphatic hydroxyl groups excluding tert-OH is 2. The normalized spacial score (nSPS) is 22.6. The number of carbonyl (C=O) groups excluding carboxylic acids is 2. The van der Waals surface area contributed by atoms with Crippen LogP contribution < -0.4 is 5.32 Å². The van der Waals surface area contributed by atoms with Crippen LogP contribution in [-0.2, 0) is 9.59 Å². The standard InChI is InChI=1S/C21H27NO5/c1-4-5-6-12(2)11-13(3)18(24)16-20(26)17(22-21(16)27)19(25)14-7-9-15(23)10-8-14/h4-5,7-10,12-13,17,19,23-25H,6,11H2,1-3H3,(H,22,27)/b5-4-,18-16-/t12-,13-,17+,19-/m0/s1. The number of hydrogen-bond acceptors (Lipinski definition) is 5. The van der Waals surface area contributed by atoms with Crippen LogP contribution in [0.25, 0.3) is 0 Å². The SMILES string of the molecule is C/C=C\C[C@H](C)C[C@H](C)/C(O)=C1/C(=O)N[C@H]([C@@H](O)c2ccc(O)cc2)C1=O. The summed E-state index contributed by atoms with van der Waals surface area (Å²) in [6, 6.07) is 4.58. The average molecular weight is 373 g/mol. The minimum Gasteiger partial charge on any atom is -0.511 e. The van der Waals surface area contributed by atoms with Crippen LogP contribution in [0.2, 0.25) is 0 Å². The van der Waals surface area contributed by atoms with Crippen molar-refractivity contribution < 1.29 is 24.9 Å². The van der Waals surface area contributed by atoms with Gasteiger partial charge in [0, 0.05) is 5.92 Å². The van der Waals surface area contributed by atoms with Gasteiger partial charge in [-0.15, -0.1) is 0 Å². The highest BCUT2D eigenvalue weighted by atomic mass is 16.3. The molecular formula is C21H27NO5. The Kier molecular flexibility index (Phi) is 6.80. The van der Waals surface area contributed by atoms with E-state index in [4.69, 9.17) is 0 Å². The molecule has 4 atom stereocenters. The molecule has 0 saturated carbocycles. The molecule has 6 nitrogen and oxygen atoms in total. The molecule has 1 heterocycles. The maximum absolute atomic E-state index is 12.7. The first-order valence-corrected chi connectivity index (χ1v) is 9.12. The number of nitrogens with one attached hydrogen (secondary N) is 1. The summed E-state index contributed by atoms with van der Waals surface area (Å²) in [7, 11) is 0. The first kappa shape index (κ1) is 20.7. The lowest BCUT2D eigenvalue weighted by Crippen LogP contribution is -2.35. The first-order chi connectivity index (χ1) is 12.8. The van der Waals surface area contributed by atoms with E-state index in [1.807, 2.05) is 26.0 Å². The molecule has 6 heteroatoms. The van der Waals surface area contributed by atoms with E-state index in [1.165, 1.54) is 24.3 Å². The fourth-order valence-electron chi connectivity index (χ4n) is 3.30. The summed E-state index contributed by atoms with van der Waals surface area (Å²) in [6.07, 6.45) is 4.22. The predicted octanol–water partition coefficient (Wildman–Crippen LogP) is 2.93. The van der Waals surface area contributed by atoms with Crippen LogP contribution >= 0.6 is 0 Å². The van der Waals surface area contributed by atoms with Crippen LogP contribution in [0.5, 0.6) is 5.75 Å².